The number of hydrogen-bond acceptors (Lipinski definition) is 2. The lowest BCUT2D eigenvalue weighted by Crippen LogP contribution is -1.89. The molecule has 0 unspecified atom stereocenters. The molecule has 4 heteroatoms. The average molecular weight is 202 g/mol. The van der Waals surface area contributed by atoms with Gasteiger partial charge in [-0.15, -0.1) is 0 Å². The molecule has 0 aliphatic heterocycles. The summed E-state index contributed by atoms with van der Waals surface area (Å²) in [6.45, 7) is 0. The average Bonchev–Trinajstić information content (AvgIpc) is 2.57. The van der Waals surface area contributed by atoms with E-state index in [4.69, 9.17) is 5.11 Å². The number of rotatable bonds is 2. The standard InChI is InChI=1S/C11H10N2O2/c1-13-10-6-8(3-5-11(14)15)2-4-9(10)7-12-13/h2-7H,1H3,(H,14,15)/b5-3+. The van der Waals surface area contributed by atoms with E-state index in [2.05, 4.69) is 5.10 Å². The zero-order chi connectivity index (χ0) is 10.8. The van der Waals surface area contributed by atoms with Gasteiger partial charge >= 0.3 is 5.97 Å². The Morgan fingerprint density at radius 3 is 3.07 bits per heavy atom. The van der Waals surface area contributed by atoms with Gasteiger partial charge in [0.05, 0.1) is 11.7 Å². The van der Waals surface area contributed by atoms with Crippen molar-refractivity contribution in [1.82, 2.24) is 9.78 Å². The van der Waals surface area contributed by atoms with E-state index in [0.29, 0.717) is 0 Å². The van der Waals surface area contributed by atoms with Gasteiger partial charge in [-0.2, -0.15) is 5.10 Å². The first kappa shape index (κ1) is 9.45. The summed E-state index contributed by atoms with van der Waals surface area (Å²) < 4.78 is 1.76. The lowest BCUT2D eigenvalue weighted by Gasteiger charge is -1.96. The molecule has 4 nitrogen and oxygen atoms in total. The minimum absolute atomic E-state index is 0.855. The molecular weight excluding hydrogens is 192 g/mol. The Hall–Kier alpha value is -2.10. The van der Waals surface area contributed by atoms with Gasteiger partial charge in [-0.25, -0.2) is 4.79 Å². The molecule has 1 heterocycles. The molecule has 0 radical (unpaired) electrons. The molecule has 0 bridgehead atoms. The predicted molar refractivity (Wildman–Crippen MR) is 57.4 cm³/mol. The van der Waals surface area contributed by atoms with E-state index in [1.54, 1.807) is 17.0 Å². The Morgan fingerprint density at radius 1 is 1.53 bits per heavy atom. The van der Waals surface area contributed by atoms with Gasteiger partial charge in [0.15, 0.2) is 0 Å². The van der Waals surface area contributed by atoms with Gasteiger partial charge in [-0.1, -0.05) is 12.1 Å². The molecule has 0 saturated heterocycles. The summed E-state index contributed by atoms with van der Waals surface area (Å²) in [5.41, 5.74) is 1.84. The third-order valence-electron chi connectivity index (χ3n) is 2.19. The molecule has 1 N–H and O–H groups in total. The normalized spacial score (nSPS) is 11.3. The Balaban J connectivity index is 2.46. The topological polar surface area (TPSA) is 55.1 Å². The highest BCUT2D eigenvalue weighted by Crippen LogP contribution is 2.15. The molecule has 2 rings (SSSR count). The van der Waals surface area contributed by atoms with E-state index in [-0.39, 0.29) is 0 Å². The van der Waals surface area contributed by atoms with Crippen LogP contribution in [0.25, 0.3) is 17.0 Å². The number of aromatic nitrogens is 2. The molecule has 0 aliphatic carbocycles. The molecule has 1 aromatic carbocycles. The molecule has 0 saturated carbocycles. The molecule has 15 heavy (non-hydrogen) atoms. The van der Waals surface area contributed by atoms with E-state index < -0.39 is 5.97 Å². The van der Waals surface area contributed by atoms with Gasteiger partial charge in [-0.05, 0) is 17.7 Å². The van der Waals surface area contributed by atoms with E-state index in [1.807, 2.05) is 25.2 Å². The largest absolute Gasteiger partial charge is 0.478 e. The molecule has 76 valence electrons. The Kier molecular flexibility index (Phi) is 2.25. The number of fused-ring (bicyclic) bond motifs is 1. The minimum Gasteiger partial charge on any atom is -0.478 e. The van der Waals surface area contributed by atoms with Crippen molar-refractivity contribution in [2.45, 2.75) is 0 Å². The maximum Gasteiger partial charge on any atom is 0.328 e. The fraction of sp³-hybridized carbons (Fsp3) is 0.0909. The number of aryl methyl sites for hydroxylation is 1. The van der Waals surface area contributed by atoms with E-state index in [0.717, 1.165) is 22.5 Å². The predicted octanol–water partition coefficient (Wildman–Crippen LogP) is 1.67. The van der Waals surface area contributed by atoms with Crippen molar-refractivity contribution in [3.8, 4) is 0 Å². The molecule has 0 fully saturated rings. The van der Waals surface area contributed by atoms with Crippen LogP contribution < -0.4 is 0 Å². The first-order chi connectivity index (χ1) is 7.16. The maximum atomic E-state index is 10.3. The van der Waals surface area contributed by atoms with Crippen LogP contribution in [-0.2, 0) is 11.8 Å². The highest BCUT2D eigenvalue weighted by Gasteiger charge is 1.99. The van der Waals surface area contributed by atoms with Crippen molar-refractivity contribution >= 4 is 22.9 Å². The highest BCUT2D eigenvalue weighted by atomic mass is 16.4. The lowest BCUT2D eigenvalue weighted by molar-refractivity contribution is -0.131. The summed E-state index contributed by atoms with van der Waals surface area (Å²) in [7, 11) is 1.85. The molecular formula is C11H10N2O2. The van der Waals surface area contributed by atoms with Crippen molar-refractivity contribution < 1.29 is 9.90 Å². The second-order valence-electron chi connectivity index (χ2n) is 3.26. The minimum atomic E-state index is -0.944. The van der Waals surface area contributed by atoms with Gasteiger partial charge in [0, 0.05) is 18.5 Å². The summed E-state index contributed by atoms with van der Waals surface area (Å²) in [5, 5.41) is 13.7. The van der Waals surface area contributed by atoms with E-state index >= 15 is 0 Å². The fourth-order valence-corrected chi connectivity index (χ4v) is 1.43. The number of hydrogen-bond donors (Lipinski definition) is 1. The Bertz CT molecular complexity index is 541. The Morgan fingerprint density at radius 2 is 2.33 bits per heavy atom. The van der Waals surface area contributed by atoms with Gasteiger partial charge < -0.3 is 5.11 Å². The summed E-state index contributed by atoms with van der Waals surface area (Å²) in [6.07, 6.45) is 4.46. The van der Waals surface area contributed by atoms with Crippen LogP contribution in [0.5, 0.6) is 0 Å². The third kappa shape index (κ3) is 1.88. The summed E-state index contributed by atoms with van der Waals surface area (Å²) >= 11 is 0. The quantitative estimate of drug-likeness (QED) is 0.753. The van der Waals surface area contributed by atoms with Crippen molar-refractivity contribution in [3.63, 3.8) is 0 Å². The second kappa shape index (κ2) is 3.57. The van der Waals surface area contributed by atoms with Crippen LogP contribution >= 0.6 is 0 Å². The molecule has 0 atom stereocenters. The Labute approximate surface area is 86.4 Å². The zero-order valence-electron chi connectivity index (χ0n) is 8.21. The molecule has 1 aromatic heterocycles. The van der Waals surface area contributed by atoms with Crippen molar-refractivity contribution in [3.05, 3.63) is 36.0 Å². The first-order valence-electron chi connectivity index (χ1n) is 4.49. The van der Waals surface area contributed by atoms with E-state index in [9.17, 15) is 4.79 Å². The van der Waals surface area contributed by atoms with Crippen molar-refractivity contribution in [1.29, 1.82) is 0 Å². The fourth-order valence-electron chi connectivity index (χ4n) is 1.43. The van der Waals surface area contributed by atoms with E-state index in [1.165, 1.54) is 0 Å². The molecule has 0 spiro atoms. The smallest absolute Gasteiger partial charge is 0.328 e. The summed E-state index contributed by atoms with van der Waals surface area (Å²) in [6, 6.07) is 5.69. The van der Waals surface area contributed by atoms with Gasteiger partial charge in [0.25, 0.3) is 0 Å². The van der Waals surface area contributed by atoms with Gasteiger partial charge in [-0.3, -0.25) is 4.68 Å². The molecule has 0 aliphatic rings. The number of aliphatic carboxylic acids is 1. The van der Waals surface area contributed by atoms with Crippen molar-refractivity contribution in [2.24, 2.45) is 7.05 Å². The first-order valence-corrected chi connectivity index (χ1v) is 4.49. The van der Waals surface area contributed by atoms with Gasteiger partial charge in [0.2, 0.25) is 0 Å². The van der Waals surface area contributed by atoms with Crippen LogP contribution in [0.1, 0.15) is 5.56 Å². The van der Waals surface area contributed by atoms with Crippen molar-refractivity contribution in [2.75, 3.05) is 0 Å². The monoisotopic (exact) mass is 202 g/mol. The molecule has 2 aromatic rings. The number of carboxylic acids is 1. The number of carbonyl (C=O) groups is 1. The van der Waals surface area contributed by atoms with Crippen LogP contribution in [0, 0.1) is 0 Å². The maximum absolute atomic E-state index is 10.3. The van der Waals surface area contributed by atoms with Crippen LogP contribution in [0.3, 0.4) is 0 Å². The zero-order valence-corrected chi connectivity index (χ0v) is 8.21. The molecule has 0 amide bonds. The summed E-state index contributed by atoms with van der Waals surface area (Å²) in [4.78, 5) is 10.3. The van der Waals surface area contributed by atoms with Crippen LogP contribution in [0.4, 0.5) is 0 Å². The van der Waals surface area contributed by atoms with Crippen LogP contribution in [0.15, 0.2) is 30.5 Å². The second-order valence-corrected chi connectivity index (χ2v) is 3.26. The highest BCUT2D eigenvalue weighted by molar-refractivity contribution is 5.87. The number of benzene rings is 1. The van der Waals surface area contributed by atoms with Crippen LogP contribution in [-0.4, -0.2) is 20.9 Å². The third-order valence-corrected chi connectivity index (χ3v) is 2.19. The van der Waals surface area contributed by atoms with Gasteiger partial charge in [0.1, 0.15) is 0 Å². The number of carboxylic acid groups (broad SMARTS) is 1. The number of nitrogens with zero attached hydrogens (tertiary/aromatic N) is 2. The van der Waals surface area contributed by atoms with Crippen LogP contribution in [0.2, 0.25) is 0 Å². The SMILES string of the molecule is Cn1ncc2ccc(/C=C/C(=O)O)cc21. The summed E-state index contributed by atoms with van der Waals surface area (Å²) in [5.74, 6) is -0.944. The lowest BCUT2D eigenvalue weighted by atomic mass is 10.1.